The second-order valence-electron chi connectivity index (χ2n) is 7.30. The number of H-pyrrole nitrogens is 1. The number of benzene rings is 1. The molecule has 7 heteroatoms. The van der Waals surface area contributed by atoms with E-state index in [2.05, 4.69) is 15.3 Å². The van der Waals surface area contributed by atoms with Crippen LogP contribution in [0, 0.1) is 6.92 Å². The van der Waals surface area contributed by atoms with Crippen molar-refractivity contribution in [2.75, 3.05) is 26.9 Å². The van der Waals surface area contributed by atoms with E-state index in [4.69, 9.17) is 9.47 Å². The number of hydrogen-bond donors (Lipinski definition) is 2. The number of aromatic amines is 1. The molecule has 0 radical (unpaired) electrons. The first-order valence-corrected chi connectivity index (χ1v) is 9.86. The Bertz CT molecular complexity index is 983. The molecule has 0 bridgehead atoms. The second kappa shape index (κ2) is 8.63. The topological polar surface area (TPSA) is 79.5 Å². The number of nitrogens with one attached hydrogen (secondary N) is 2. The molecule has 1 saturated heterocycles. The Kier molecular flexibility index (Phi) is 5.78. The van der Waals surface area contributed by atoms with Crippen molar-refractivity contribution in [3.63, 3.8) is 0 Å². The van der Waals surface area contributed by atoms with Crippen LogP contribution in [0.1, 0.15) is 30.0 Å². The Hall–Kier alpha value is -2.90. The summed E-state index contributed by atoms with van der Waals surface area (Å²) >= 11 is 0. The molecule has 2 aromatic heterocycles. The van der Waals surface area contributed by atoms with Gasteiger partial charge < -0.3 is 19.4 Å². The number of pyridine rings is 1. The summed E-state index contributed by atoms with van der Waals surface area (Å²) in [6.07, 6.45) is 4.97. The lowest BCUT2D eigenvalue weighted by atomic mass is 10.0. The van der Waals surface area contributed by atoms with Crippen LogP contribution in [0.15, 0.2) is 42.7 Å². The summed E-state index contributed by atoms with van der Waals surface area (Å²) in [7, 11) is 1.68. The molecule has 0 aliphatic carbocycles. The van der Waals surface area contributed by atoms with Gasteiger partial charge in [0.1, 0.15) is 17.1 Å². The number of ether oxygens (including phenoxy) is 2. The average Bonchev–Trinajstić information content (AvgIpc) is 3.12. The van der Waals surface area contributed by atoms with E-state index in [1.807, 2.05) is 48.4 Å². The van der Waals surface area contributed by atoms with E-state index in [0.29, 0.717) is 19.7 Å². The molecule has 1 amide bonds. The minimum absolute atomic E-state index is 0.0229. The van der Waals surface area contributed by atoms with Crippen molar-refractivity contribution in [3.8, 4) is 11.5 Å². The van der Waals surface area contributed by atoms with Gasteiger partial charge in [0, 0.05) is 45.1 Å². The molecule has 1 aromatic carbocycles. The molecule has 2 N–H and O–H groups in total. The Labute approximate surface area is 170 Å². The molecule has 4 rings (SSSR count). The van der Waals surface area contributed by atoms with Gasteiger partial charge in [-0.25, -0.2) is 4.98 Å². The van der Waals surface area contributed by atoms with E-state index >= 15 is 0 Å². The molecule has 1 aliphatic heterocycles. The Morgan fingerprint density at radius 1 is 1.24 bits per heavy atom. The third-order valence-corrected chi connectivity index (χ3v) is 5.28. The van der Waals surface area contributed by atoms with Gasteiger partial charge in [0.05, 0.1) is 12.1 Å². The third kappa shape index (κ3) is 4.26. The number of nitrogens with zero attached hydrogens (tertiary/aromatic N) is 2. The second-order valence-corrected chi connectivity index (χ2v) is 7.30. The van der Waals surface area contributed by atoms with Crippen LogP contribution in [0.4, 0.5) is 0 Å². The van der Waals surface area contributed by atoms with Crippen molar-refractivity contribution in [2.45, 2.75) is 25.8 Å². The first kappa shape index (κ1) is 19.4. The molecule has 3 aromatic rings. The molecule has 0 saturated carbocycles. The molecule has 3 heterocycles. The number of amides is 1. The van der Waals surface area contributed by atoms with Crippen LogP contribution in [0.25, 0.3) is 11.0 Å². The number of carbonyl (C=O) groups excluding carboxylic acids is 1. The van der Waals surface area contributed by atoms with Crippen LogP contribution in [-0.2, 0) is 9.53 Å². The molecule has 1 unspecified atom stereocenters. The van der Waals surface area contributed by atoms with Crippen molar-refractivity contribution in [1.82, 2.24) is 20.2 Å². The maximum atomic E-state index is 12.4. The van der Waals surface area contributed by atoms with Crippen LogP contribution in [0.2, 0.25) is 0 Å². The maximum Gasteiger partial charge on any atom is 0.225 e. The number of rotatable bonds is 7. The highest BCUT2D eigenvalue weighted by Crippen LogP contribution is 2.32. The summed E-state index contributed by atoms with van der Waals surface area (Å²) in [6.45, 7) is 3.98. The maximum absolute atomic E-state index is 12.4. The van der Waals surface area contributed by atoms with Crippen molar-refractivity contribution in [3.05, 3.63) is 53.9 Å². The van der Waals surface area contributed by atoms with Crippen molar-refractivity contribution in [2.24, 2.45) is 0 Å². The fraction of sp³-hybridized carbons (Fsp3) is 0.364. The fourth-order valence-corrected chi connectivity index (χ4v) is 3.69. The zero-order chi connectivity index (χ0) is 20.2. The minimum atomic E-state index is 0.0229. The Morgan fingerprint density at radius 3 is 2.83 bits per heavy atom. The standard InChI is InChI=1S/C22H26N4O3/c1-15-13-24-22-21(15)19(8-9-23-22)29-17-6-4-16(5-7-17)18-12-20(27)26(14-25-18)10-3-11-28-2/h4-9,13,18,25H,3,10-12,14H2,1-2H3,(H,23,24). The van der Waals surface area contributed by atoms with Crippen molar-refractivity contribution >= 4 is 16.9 Å². The van der Waals surface area contributed by atoms with Gasteiger partial charge in [-0.05, 0) is 42.7 Å². The fourth-order valence-electron chi connectivity index (χ4n) is 3.69. The predicted octanol–water partition coefficient (Wildman–Crippen LogP) is 3.52. The Morgan fingerprint density at radius 2 is 2.07 bits per heavy atom. The number of aryl methyl sites for hydroxylation is 1. The molecule has 1 aliphatic rings. The smallest absolute Gasteiger partial charge is 0.225 e. The third-order valence-electron chi connectivity index (χ3n) is 5.28. The highest BCUT2D eigenvalue weighted by atomic mass is 16.5. The van der Waals surface area contributed by atoms with Crippen LogP contribution >= 0.6 is 0 Å². The summed E-state index contributed by atoms with van der Waals surface area (Å²) in [5.74, 6) is 1.71. The number of hydrogen-bond acceptors (Lipinski definition) is 5. The lowest BCUT2D eigenvalue weighted by molar-refractivity contribution is -0.135. The van der Waals surface area contributed by atoms with E-state index in [1.54, 1.807) is 13.3 Å². The molecule has 1 atom stereocenters. The van der Waals surface area contributed by atoms with Gasteiger partial charge in [-0.2, -0.15) is 0 Å². The lowest BCUT2D eigenvalue weighted by Gasteiger charge is -2.33. The summed E-state index contributed by atoms with van der Waals surface area (Å²) < 4.78 is 11.2. The summed E-state index contributed by atoms with van der Waals surface area (Å²) in [6, 6.07) is 9.82. The van der Waals surface area contributed by atoms with E-state index in [-0.39, 0.29) is 11.9 Å². The molecular formula is C22H26N4O3. The first-order valence-electron chi connectivity index (χ1n) is 9.86. The quantitative estimate of drug-likeness (QED) is 0.600. The van der Waals surface area contributed by atoms with E-state index in [9.17, 15) is 4.79 Å². The summed E-state index contributed by atoms with van der Waals surface area (Å²) in [5.41, 5.74) is 3.00. The van der Waals surface area contributed by atoms with Gasteiger partial charge in [0.15, 0.2) is 0 Å². The van der Waals surface area contributed by atoms with E-state index in [1.165, 1.54) is 0 Å². The molecule has 7 nitrogen and oxygen atoms in total. The van der Waals surface area contributed by atoms with Crippen molar-refractivity contribution < 1.29 is 14.3 Å². The predicted molar refractivity (Wildman–Crippen MR) is 111 cm³/mol. The molecular weight excluding hydrogens is 368 g/mol. The zero-order valence-electron chi connectivity index (χ0n) is 16.8. The van der Waals surface area contributed by atoms with Crippen molar-refractivity contribution in [1.29, 1.82) is 0 Å². The lowest BCUT2D eigenvalue weighted by Crippen LogP contribution is -2.47. The van der Waals surface area contributed by atoms with E-state index < -0.39 is 0 Å². The Balaban J connectivity index is 1.41. The van der Waals surface area contributed by atoms with Crippen LogP contribution in [-0.4, -0.2) is 47.7 Å². The number of methoxy groups -OCH3 is 1. The molecule has 29 heavy (non-hydrogen) atoms. The first-order chi connectivity index (χ1) is 14.2. The number of aromatic nitrogens is 2. The van der Waals surface area contributed by atoms with Gasteiger partial charge in [0.25, 0.3) is 0 Å². The van der Waals surface area contributed by atoms with Gasteiger partial charge in [0.2, 0.25) is 5.91 Å². The number of carbonyl (C=O) groups is 1. The van der Waals surface area contributed by atoms with Gasteiger partial charge in [-0.3, -0.25) is 10.1 Å². The summed E-state index contributed by atoms with van der Waals surface area (Å²) in [4.78, 5) is 21.7. The monoisotopic (exact) mass is 394 g/mol. The van der Waals surface area contributed by atoms with Crippen LogP contribution < -0.4 is 10.1 Å². The molecule has 152 valence electrons. The zero-order valence-corrected chi connectivity index (χ0v) is 16.8. The minimum Gasteiger partial charge on any atom is -0.457 e. The molecule has 1 fully saturated rings. The van der Waals surface area contributed by atoms with Crippen LogP contribution in [0.5, 0.6) is 11.5 Å². The molecule has 0 spiro atoms. The van der Waals surface area contributed by atoms with Gasteiger partial charge in [-0.1, -0.05) is 12.1 Å². The normalized spacial score (nSPS) is 17.1. The van der Waals surface area contributed by atoms with Gasteiger partial charge in [-0.15, -0.1) is 0 Å². The summed E-state index contributed by atoms with van der Waals surface area (Å²) in [5, 5.41) is 4.44. The van der Waals surface area contributed by atoms with E-state index in [0.717, 1.165) is 46.6 Å². The van der Waals surface area contributed by atoms with Gasteiger partial charge >= 0.3 is 0 Å². The largest absolute Gasteiger partial charge is 0.457 e. The highest BCUT2D eigenvalue weighted by molar-refractivity contribution is 5.86. The average molecular weight is 394 g/mol. The highest BCUT2D eigenvalue weighted by Gasteiger charge is 2.25. The SMILES string of the molecule is COCCCN1CNC(c2ccc(Oc3ccnc4[nH]cc(C)c34)cc2)CC1=O. The van der Waals surface area contributed by atoms with Crippen LogP contribution in [0.3, 0.4) is 0 Å². The number of fused-ring (bicyclic) bond motifs is 1.